The van der Waals surface area contributed by atoms with Gasteiger partial charge in [0.1, 0.15) is 29.5 Å². The SMILES string of the molecule is CN1CCC[C@H]1COc1nc(N2C[C@H]3CC[C@@H](C2)N3CC(=O)Nc2ccccn2)c2ccc(-c3cc(O)cc4ccccc34)c(F)c2n1. The first kappa shape index (κ1) is 30.5. The number of halogens is 1. The van der Waals surface area contributed by atoms with Crippen LogP contribution in [0.15, 0.2) is 72.9 Å². The summed E-state index contributed by atoms with van der Waals surface area (Å²) in [6, 6.07) is 20.7. The molecule has 3 aliphatic rings. The van der Waals surface area contributed by atoms with Crippen LogP contribution in [0.4, 0.5) is 16.0 Å². The summed E-state index contributed by atoms with van der Waals surface area (Å²) in [7, 11) is 2.09. The van der Waals surface area contributed by atoms with Crippen molar-refractivity contribution in [3.63, 3.8) is 0 Å². The third kappa shape index (κ3) is 5.77. The highest BCUT2D eigenvalue weighted by Crippen LogP contribution is 2.40. The number of phenolic OH excluding ortho intramolecular Hbond substituents is 1. The number of rotatable bonds is 8. The third-order valence-electron chi connectivity index (χ3n) is 10.2. The lowest BCUT2D eigenvalue weighted by molar-refractivity contribution is -0.118. The van der Waals surface area contributed by atoms with E-state index in [0.29, 0.717) is 47.8 Å². The van der Waals surface area contributed by atoms with Crippen LogP contribution in [0.1, 0.15) is 25.7 Å². The smallest absolute Gasteiger partial charge is 0.319 e. The van der Waals surface area contributed by atoms with E-state index in [1.54, 1.807) is 30.5 Å². The van der Waals surface area contributed by atoms with Crippen LogP contribution in [0.5, 0.6) is 11.8 Å². The molecule has 3 atom stereocenters. The summed E-state index contributed by atoms with van der Waals surface area (Å²) in [5.74, 6) is 0.668. The molecule has 0 unspecified atom stereocenters. The number of anilines is 2. The van der Waals surface area contributed by atoms with Crippen molar-refractivity contribution in [3.8, 4) is 22.9 Å². The van der Waals surface area contributed by atoms with E-state index in [2.05, 4.69) is 37.0 Å². The number of hydrogen-bond acceptors (Lipinski definition) is 9. The molecule has 1 amide bonds. The van der Waals surface area contributed by atoms with Crippen molar-refractivity contribution in [1.82, 2.24) is 24.8 Å². The Morgan fingerprint density at radius 2 is 1.79 bits per heavy atom. The maximum Gasteiger partial charge on any atom is 0.319 e. The van der Waals surface area contributed by atoms with Crippen LogP contribution in [0.3, 0.4) is 0 Å². The molecule has 3 aromatic carbocycles. The van der Waals surface area contributed by atoms with E-state index < -0.39 is 5.82 Å². The summed E-state index contributed by atoms with van der Waals surface area (Å²) in [5, 5.41) is 15.7. The van der Waals surface area contributed by atoms with Crippen molar-refractivity contribution < 1.29 is 19.0 Å². The first-order valence-electron chi connectivity index (χ1n) is 16.7. The molecule has 48 heavy (non-hydrogen) atoms. The number of likely N-dealkylation sites (tertiary alicyclic amines) is 1. The molecular formula is C37H38FN7O3. The molecule has 3 aliphatic heterocycles. The number of piperazine rings is 1. The minimum atomic E-state index is -0.484. The van der Waals surface area contributed by atoms with Crippen molar-refractivity contribution >= 4 is 39.2 Å². The van der Waals surface area contributed by atoms with Crippen LogP contribution in [-0.4, -0.2) is 93.7 Å². The van der Waals surface area contributed by atoms with Gasteiger partial charge in [0.15, 0.2) is 5.82 Å². The molecule has 0 aliphatic carbocycles. The van der Waals surface area contributed by atoms with Gasteiger partial charge in [0, 0.05) is 48.4 Å². The quantitative estimate of drug-likeness (QED) is 0.227. The highest BCUT2D eigenvalue weighted by molar-refractivity contribution is 6.01. The van der Waals surface area contributed by atoms with Gasteiger partial charge in [0.05, 0.1) is 6.54 Å². The molecule has 2 aromatic heterocycles. The summed E-state index contributed by atoms with van der Waals surface area (Å²) < 4.78 is 23.0. The molecule has 3 saturated heterocycles. The highest BCUT2D eigenvalue weighted by atomic mass is 19.1. The molecule has 246 valence electrons. The van der Waals surface area contributed by atoms with E-state index in [4.69, 9.17) is 9.72 Å². The average Bonchev–Trinajstić information content (AvgIpc) is 3.59. The average molecular weight is 648 g/mol. The number of benzene rings is 3. The van der Waals surface area contributed by atoms with Crippen LogP contribution in [0, 0.1) is 5.82 Å². The molecule has 0 saturated carbocycles. The number of pyridine rings is 1. The van der Waals surface area contributed by atoms with Gasteiger partial charge in [-0.15, -0.1) is 0 Å². The van der Waals surface area contributed by atoms with Gasteiger partial charge in [-0.3, -0.25) is 9.69 Å². The molecule has 5 aromatic rings. The Hall–Kier alpha value is -4.87. The van der Waals surface area contributed by atoms with Crippen LogP contribution in [-0.2, 0) is 4.79 Å². The number of aromatic hydroxyl groups is 1. The maximum atomic E-state index is 16.8. The van der Waals surface area contributed by atoms with Crippen LogP contribution < -0.4 is 15.0 Å². The Balaban J connectivity index is 1.13. The second-order valence-electron chi connectivity index (χ2n) is 13.2. The first-order chi connectivity index (χ1) is 23.4. The summed E-state index contributed by atoms with van der Waals surface area (Å²) in [6.45, 7) is 3.00. The van der Waals surface area contributed by atoms with Crippen molar-refractivity contribution in [2.45, 2.75) is 43.8 Å². The lowest BCUT2D eigenvalue weighted by atomic mass is 9.96. The zero-order chi connectivity index (χ0) is 32.8. The largest absolute Gasteiger partial charge is 0.508 e. The Bertz CT molecular complexity index is 1980. The number of phenols is 1. The molecule has 10 nitrogen and oxygen atoms in total. The molecule has 11 heteroatoms. The van der Waals surface area contributed by atoms with Gasteiger partial charge in [-0.2, -0.15) is 9.97 Å². The highest BCUT2D eigenvalue weighted by Gasteiger charge is 2.41. The minimum absolute atomic E-state index is 0.0679. The molecule has 8 rings (SSSR count). The fourth-order valence-electron chi connectivity index (χ4n) is 7.72. The van der Waals surface area contributed by atoms with E-state index in [0.717, 1.165) is 43.0 Å². The summed E-state index contributed by atoms with van der Waals surface area (Å²) in [4.78, 5) is 33.5. The van der Waals surface area contributed by atoms with Crippen molar-refractivity contribution in [2.24, 2.45) is 0 Å². The molecule has 5 heterocycles. The zero-order valence-corrected chi connectivity index (χ0v) is 26.8. The number of ether oxygens (including phenoxy) is 1. The minimum Gasteiger partial charge on any atom is -0.508 e. The number of amides is 1. The van der Waals surface area contributed by atoms with E-state index in [-0.39, 0.29) is 47.9 Å². The number of nitrogens with zero attached hydrogens (tertiary/aromatic N) is 6. The van der Waals surface area contributed by atoms with Crippen molar-refractivity contribution in [2.75, 3.05) is 50.1 Å². The molecule has 0 spiro atoms. The monoisotopic (exact) mass is 647 g/mol. The van der Waals surface area contributed by atoms with Gasteiger partial charge in [0.25, 0.3) is 0 Å². The fourth-order valence-corrected chi connectivity index (χ4v) is 7.72. The summed E-state index contributed by atoms with van der Waals surface area (Å²) >= 11 is 0. The van der Waals surface area contributed by atoms with E-state index in [9.17, 15) is 9.90 Å². The molecule has 3 fully saturated rings. The number of fused-ring (bicyclic) bond motifs is 4. The first-order valence-corrected chi connectivity index (χ1v) is 16.7. The molecule has 2 N–H and O–H groups in total. The number of carbonyl (C=O) groups is 1. The van der Waals surface area contributed by atoms with Crippen molar-refractivity contribution in [3.05, 3.63) is 78.7 Å². The molecule has 0 radical (unpaired) electrons. The fraction of sp³-hybridized carbons (Fsp3) is 0.351. The van der Waals surface area contributed by atoms with Gasteiger partial charge in [-0.1, -0.05) is 36.4 Å². The Kier molecular flexibility index (Phi) is 8.01. The van der Waals surface area contributed by atoms with E-state index in [1.807, 2.05) is 42.5 Å². The number of hydrogen-bond donors (Lipinski definition) is 2. The lowest BCUT2D eigenvalue weighted by Gasteiger charge is -2.41. The van der Waals surface area contributed by atoms with Gasteiger partial charge < -0.3 is 25.0 Å². The molecule has 2 bridgehead atoms. The van der Waals surface area contributed by atoms with Gasteiger partial charge in [0.2, 0.25) is 5.91 Å². The number of aromatic nitrogens is 3. The number of nitrogens with one attached hydrogen (secondary N) is 1. The topological polar surface area (TPSA) is 107 Å². The van der Waals surface area contributed by atoms with Crippen LogP contribution in [0.2, 0.25) is 0 Å². The Morgan fingerprint density at radius 1 is 0.979 bits per heavy atom. The number of likely N-dealkylation sites (N-methyl/N-ethyl adjacent to an activating group) is 1. The summed E-state index contributed by atoms with van der Waals surface area (Å²) in [5.41, 5.74) is 1.13. The van der Waals surface area contributed by atoms with Crippen LogP contribution >= 0.6 is 0 Å². The normalized spacial score (nSPS) is 21.3. The predicted octanol–water partition coefficient (Wildman–Crippen LogP) is 5.45. The predicted molar refractivity (Wildman–Crippen MR) is 184 cm³/mol. The standard InChI is InChI=1S/C37H38FN7O3/c1-43-16-6-8-26(43)22-48-37-41-35-30(14-13-29(34(35)38)31-18-27(46)17-23-7-2-3-9-28(23)31)36(42-37)44-19-24-11-12-25(20-44)45(24)21-33(47)40-32-10-4-5-15-39-32/h2-5,7,9-10,13-15,17-18,24-26,46H,6,8,11-12,16,19-22H2,1H3,(H,39,40,47)/t24-,25+,26-/m0/s1. The van der Waals surface area contributed by atoms with Crippen LogP contribution in [0.25, 0.3) is 32.8 Å². The van der Waals surface area contributed by atoms with E-state index >= 15 is 4.39 Å². The van der Waals surface area contributed by atoms with Gasteiger partial charge in [-0.25, -0.2) is 9.37 Å². The summed E-state index contributed by atoms with van der Waals surface area (Å²) in [6.07, 6.45) is 5.71. The van der Waals surface area contributed by atoms with E-state index in [1.165, 1.54) is 0 Å². The van der Waals surface area contributed by atoms with Gasteiger partial charge in [-0.05, 0) is 85.9 Å². The third-order valence-corrected chi connectivity index (χ3v) is 10.2. The number of carbonyl (C=O) groups excluding carboxylic acids is 1. The molecular weight excluding hydrogens is 609 g/mol. The Morgan fingerprint density at radius 3 is 2.56 bits per heavy atom. The lowest BCUT2D eigenvalue weighted by Crippen LogP contribution is -2.55. The van der Waals surface area contributed by atoms with Gasteiger partial charge >= 0.3 is 6.01 Å². The Labute approximate surface area is 278 Å². The van der Waals surface area contributed by atoms with Crippen molar-refractivity contribution in [1.29, 1.82) is 0 Å². The second-order valence-corrected chi connectivity index (χ2v) is 13.2. The zero-order valence-electron chi connectivity index (χ0n) is 26.8. The second kappa shape index (κ2) is 12.6. The maximum absolute atomic E-state index is 16.8.